The first-order chi connectivity index (χ1) is 11.2. The maximum Gasteiger partial charge on any atom is 0.209 e. The van der Waals surface area contributed by atoms with E-state index in [0.29, 0.717) is 11.6 Å². The second-order valence-electron chi connectivity index (χ2n) is 6.34. The third-order valence-corrected chi connectivity index (χ3v) is 5.35. The largest absolute Gasteiger partial charge is 0.262 e. The van der Waals surface area contributed by atoms with E-state index in [-0.39, 0.29) is 5.25 Å². The molecule has 0 bridgehead atoms. The molecule has 3 rings (SSSR count). The molecule has 1 heterocycles. The lowest BCUT2D eigenvalue weighted by molar-refractivity contribution is 0.531. The van der Waals surface area contributed by atoms with E-state index in [9.17, 15) is 5.26 Å². The van der Waals surface area contributed by atoms with Crippen LogP contribution in [0.4, 0.5) is 0 Å². The molecule has 0 saturated heterocycles. The van der Waals surface area contributed by atoms with Gasteiger partial charge in [-0.2, -0.15) is 5.26 Å². The summed E-state index contributed by atoms with van der Waals surface area (Å²) in [6.45, 7) is 2.07. The minimum absolute atomic E-state index is 0.159. The van der Waals surface area contributed by atoms with Crippen molar-refractivity contribution in [1.82, 2.24) is 15.2 Å². The Hall–Kier alpha value is -1.80. The van der Waals surface area contributed by atoms with Crippen LogP contribution in [0.3, 0.4) is 0 Å². The second-order valence-corrected chi connectivity index (χ2v) is 7.51. The van der Waals surface area contributed by atoms with Crippen molar-refractivity contribution in [3.63, 3.8) is 0 Å². The third-order valence-electron chi connectivity index (χ3n) is 4.40. The molecular weight excluding hydrogens is 304 g/mol. The van der Waals surface area contributed by atoms with Crippen molar-refractivity contribution in [2.45, 2.75) is 55.9 Å². The summed E-state index contributed by atoms with van der Waals surface area (Å²) < 4.78 is 0. The summed E-state index contributed by atoms with van der Waals surface area (Å²) in [5, 5.41) is 17.3. The fourth-order valence-electron chi connectivity index (χ4n) is 3.09. The number of hydrogen-bond donors (Lipinski definition) is 1. The Balaban J connectivity index is 1.57. The van der Waals surface area contributed by atoms with Crippen molar-refractivity contribution in [3.8, 4) is 6.07 Å². The van der Waals surface area contributed by atoms with Gasteiger partial charge in [0.25, 0.3) is 0 Å². The number of nitrogens with zero attached hydrogens (tertiary/aromatic N) is 3. The Morgan fingerprint density at radius 1 is 1.30 bits per heavy atom. The summed E-state index contributed by atoms with van der Waals surface area (Å²) in [6.07, 6.45) is 6.99. The van der Waals surface area contributed by atoms with Gasteiger partial charge < -0.3 is 0 Å². The van der Waals surface area contributed by atoms with E-state index in [1.165, 1.54) is 48.6 Å². The van der Waals surface area contributed by atoms with Gasteiger partial charge in [0, 0.05) is 6.42 Å². The molecule has 2 aromatic rings. The molecule has 1 N–H and O–H groups in total. The fourth-order valence-corrected chi connectivity index (χ4v) is 3.93. The van der Waals surface area contributed by atoms with Gasteiger partial charge in [0.15, 0.2) is 0 Å². The lowest BCUT2D eigenvalue weighted by atomic mass is 10.0. The molecule has 0 radical (unpaired) electrons. The topological polar surface area (TPSA) is 65.4 Å². The molecule has 5 heteroatoms. The van der Waals surface area contributed by atoms with Gasteiger partial charge in [-0.1, -0.05) is 67.3 Å². The molecule has 23 heavy (non-hydrogen) atoms. The first-order valence-corrected chi connectivity index (χ1v) is 9.14. The molecule has 0 unspecified atom stereocenters. The van der Waals surface area contributed by atoms with Crippen LogP contribution in [0, 0.1) is 24.2 Å². The number of nitriles is 1. The highest BCUT2D eigenvalue weighted by Crippen LogP contribution is 2.28. The smallest absolute Gasteiger partial charge is 0.209 e. The zero-order chi connectivity index (χ0) is 16.1. The van der Waals surface area contributed by atoms with Crippen molar-refractivity contribution >= 4 is 11.8 Å². The molecule has 0 aliphatic heterocycles. The average molecular weight is 326 g/mol. The standard InChI is InChI=1S/C18H22N4S/c1-13-6-8-15(9-7-13)10-16(12-19)23-18-20-17(21-22-18)11-14-4-2-3-5-14/h6-9,14,16H,2-5,10-11H2,1H3,(H,20,21,22)/t16-/m0/s1. The number of hydrogen-bond acceptors (Lipinski definition) is 4. The molecule has 1 aliphatic carbocycles. The zero-order valence-electron chi connectivity index (χ0n) is 13.5. The summed E-state index contributed by atoms with van der Waals surface area (Å²) >= 11 is 1.45. The Bertz CT molecular complexity index is 665. The summed E-state index contributed by atoms with van der Waals surface area (Å²) in [5.74, 6) is 1.71. The summed E-state index contributed by atoms with van der Waals surface area (Å²) in [7, 11) is 0. The van der Waals surface area contributed by atoms with Gasteiger partial charge in [-0.15, -0.1) is 5.10 Å². The van der Waals surface area contributed by atoms with E-state index in [4.69, 9.17) is 0 Å². The molecule has 1 saturated carbocycles. The Morgan fingerprint density at radius 2 is 2.04 bits per heavy atom. The van der Waals surface area contributed by atoms with E-state index in [0.717, 1.165) is 18.2 Å². The highest BCUT2D eigenvalue weighted by atomic mass is 32.2. The number of aryl methyl sites for hydroxylation is 1. The second kappa shape index (κ2) is 7.65. The maximum atomic E-state index is 9.40. The van der Waals surface area contributed by atoms with Crippen LogP contribution in [-0.2, 0) is 12.8 Å². The molecule has 1 atom stereocenters. The van der Waals surface area contributed by atoms with Crippen LogP contribution in [-0.4, -0.2) is 20.4 Å². The first-order valence-electron chi connectivity index (χ1n) is 8.26. The summed E-state index contributed by atoms with van der Waals surface area (Å²) in [4.78, 5) is 4.56. The molecule has 1 fully saturated rings. The molecule has 4 nitrogen and oxygen atoms in total. The van der Waals surface area contributed by atoms with Crippen LogP contribution in [0.25, 0.3) is 0 Å². The van der Waals surface area contributed by atoms with Crippen LogP contribution in [0.1, 0.15) is 42.6 Å². The quantitative estimate of drug-likeness (QED) is 0.813. The van der Waals surface area contributed by atoms with Gasteiger partial charge in [-0.3, -0.25) is 5.10 Å². The highest BCUT2D eigenvalue weighted by Gasteiger charge is 2.19. The van der Waals surface area contributed by atoms with Crippen LogP contribution in [0.2, 0.25) is 0 Å². The Morgan fingerprint density at radius 3 is 2.74 bits per heavy atom. The number of H-pyrrole nitrogens is 1. The van der Waals surface area contributed by atoms with Gasteiger partial charge in [-0.05, 0) is 24.8 Å². The zero-order valence-corrected chi connectivity index (χ0v) is 14.3. The van der Waals surface area contributed by atoms with Crippen LogP contribution < -0.4 is 0 Å². The van der Waals surface area contributed by atoms with Gasteiger partial charge in [0.2, 0.25) is 5.16 Å². The molecule has 0 spiro atoms. The minimum atomic E-state index is -0.159. The van der Waals surface area contributed by atoms with E-state index in [1.54, 1.807) is 0 Å². The van der Waals surface area contributed by atoms with E-state index in [1.807, 2.05) is 0 Å². The highest BCUT2D eigenvalue weighted by molar-refractivity contribution is 8.00. The van der Waals surface area contributed by atoms with Crippen molar-refractivity contribution in [1.29, 1.82) is 5.26 Å². The normalized spacial score (nSPS) is 16.3. The molecule has 0 amide bonds. The van der Waals surface area contributed by atoms with Gasteiger partial charge in [-0.25, -0.2) is 4.98 Å². The van der Waals surface area contributed by atoms with Crippen LogP contribution in [0.15, 0.2) is 29.4 Å². The Kier molecular flexibility index (Phi) is 5.35. The van der Waals surface area contributed by atoms with Crippen molar-refractivity contribution in [3.05, 3.63) is 41.2 Å². The first kappa shape index (κ1) is 16.1. The fraction of sp³-hybridized carbons (Fsp3) is 0.500. The Labute approximate surface area is 141 Å². The van der Waals surface area contributed by atoms with E-state index < -0.39 is 0 Å². The van der Waals surface area contributed by atoms with Gasteiger partial charge >= 0.3 is 0 Å². The van der Waals surface area contributed by atoms with Crippen molar-refractivity contribution in [2.24, 2.45) is 5.92 Å². The number of aromatic amines is 1. The summed E-state index contributed by atoms with van der Waals surface area (Å²) in [5.41, 5.74) is 2.41. The minimum Gasteiger partial charge on any atom is -0.262 e. The van der Waals surface area contributed by atoms with Gasteiger partial charge in [0.05, 0.1) is 6.07 Å². The lowest BCUT2D eigenvalue weighted by Crippen LogP contribution is -2.04. The number of rotatable bonds is 6. The van der Waals surface area contributed by atoms with Gasteiger partial charge in [0.1, 0.15) is 11.1 Å². The predicted molar refractivity (Wildman–Crippen MR) is 92.2 cm³/mol. The number of benzene rings is 1. The van der Waals surface area contributed by atoms with E-state index in [2.05, 4.69) is 52.4 Å². The predicted octanol–water partition coefficient (Wildman–Crippen LogP) is 4.07. The number of thioether (sulfide) groups is 1. The average Bonchev–Trinajstić information content (AvgIpc) is 3.21. The molecule has 1 aromatic heterocycles. The number of aromatic nitrogens is 3. The third kappa shape index (κ3) is 4.59. The molecule has 120 valence electrons. The maximum absolute atomic E-state index is 9.40. The van der Waals surface area contributed by atoms with E-state index >= 15 is 0 Å². The summed E-state index contributed by atoms with van der Waals surface area (Å²) in [6, 6.07) is 10.7. The molecule has 1 aromatic carbocycles. The SMILES string of the molecule is Cc1ccc(C[C@@H](C#N)Sc2n[nH]c(CC3CCCC3)n2)cc1. The number of nitrogens with one attached hydrogen (secondary N) is 1. The van der Waals surface area contributed by atoms with Crippen LogP contribution in [0.5, 0.6) is 0 Å². The van der Waals surface area contributed by atoms with Crippen LogP contribution >= 0.6 is 11.8 Å². The van der Waals surface area contributed by atoms with Crippen molar-refractivity contribution < 1.29 is 0 Å². The van der Waals surface area contributed by atoms with Crippen molar-refractivity contribution in [2.75, 3.05) is 0 Å². The molecular formula is C18H22N4S. The molecule has 1 aliphatic rings. The monoisotopic (exact) mass is 326 g/mol. The lowest BCUT2D eigenvalue weighted by Gasteiger charge is -2.07.